The number of hydrogen-bond donors (Lipinski definition) is 1. The van der Waals surface area contributed by atoms with Gasteiger partial charge in [-0.2, -0.15) is 0 Å². The summed E-state index contributed by atoms with van der Waals surface area (Å²) in [5.41, 5.74) is 0.623. The zero-order valence-corrected chi connectivity index (χ0v) is 17.3. The minimum atomic E-state index is -3.09. The van der Waals surface area contributed by atoms with Crippen LogP contribution in [0.1, 0.15) is 13.3 Å². The molecular formula is C19H23N3O7S. The predicted octanol–water partition coefficient (Wildman–Crippen LogP) is -0.470. The first-order valence-corrected chi connectivity index (χ1v) is 11.6. The van der Waals surface area contributed by atoms with Gasteiger partial charge in [-0.3, -0.25) is 14.4 Å². The molecule has 0 aromatic heterocycles. The van der Waals surface area contributed by atoms with Crippen molar-refractivity contribution in [3.63, 3.8) is 0 Å². The first kappa shape index (κ1) is 20.5. The van der Waals surface area contributed by atoms with Crippen LogP contribution in [0.15, 0.2) is 18.2 Å². The van der Waals surface area contributed by atoms with Crippen molar-refractivity contribution in [3.8, 4) is 11.5 Å². The number of fused-ring (bicyclic) bond motifs is 1. The summed E-state index contributed by atoms with van der Waals surface area (Å²) in [6, 6.07) is 4.37. The number of ether oxygens (including phenoxy) is 2. The zero-order chi connectivity index (χ0) is 21.5. The van der Waals surface area contributed by atoms with E-state index in [1.165, 1.54) is 9.80 Å². The molecule has 1 N–H and O–H groups in total. The van der Waals surface area contributed by atoms with Gasteiger partial charge in [-0.15, -0.1) is 0 Å². The van der Waals surface area contributed by atoms with Crippen LogP contribution in [0.5, 0.6) is 11.5 Å². The molecule has 0 saturated carbocycles. The minimum absolute atomic E-state index is 0.0448. The van der Waals surface area contributed by atoms with Crippen molar-refractivity contribution in [1.29, 1.82) is 0 Å². The number of carbonyl (C=O) groups excluding carboxylic acids is 3. The summed E-state index contributed by atoms with van der Waals surface area (Å²) in [6.07, 6.45) is 0.0448. The molecule has 2 saturated heterocycles. The maximum absolute atomic E-state index is 12.7. The summed E-state index contributed by atoms with van der Waals surface area (Å²) in [5.74, 6) is -0.447. The zero-order valence-electron chi connectivity index (χ0n) is 16.5. The second kappa shape index (κ2) is 7.78. The molecule has 30 heavy (non-hydrogen) atoms. The largest absolute Gasteiger partial charge is 0.454 e. The maximum Gasteiger partial charge on any atom is 0.244 e. The smallest absolute Gasteiger partial charge is 0.244 e. The lowest BCUT2D eigenvalue weighted by molar-refractivity contribution is -0.136. The van der Waals surface area contributed by atoms with E-state index in [2.05, 4.69) is 5.32 Å². The summed E-state index contributed by atoms with van der Waals surface area (Å²) in [6.45, 7) is 2.15. The first-order valence-electron chi connectivity index (χ1n) is 9.73. The standard InChI is InChI=1S/C19H23N3O7S/c1-12(19(25)21-4-6-30(26,27)7-5-21)20-18(24)13-8-17(23)22(10-13)14-2-3-15-16(9-14)29-11-28-15/h2-3,9,12-13H,4-8,10-11H2,1H3,(H,20,24). The van der Waals surface area contributed by atoms with Gasteiger partial charge in [0.05, 0.1) is 17.4 Å². The summed E-state index contributed by atoms with van der Waals surface area (Å²) < 4.78 is 33.7. The Labute approximate surface area is 174 Å². The van der Waals surface area contributed by atoms with Crippen LogP contribution < -0.4 is 19.7 Å². The number of carbonyl (C=O) groups is 3. The topological polar surface area (TPSA) is 122 Å². The fourth-order valence-electron chi connectivity index (χ4n) is 3.79. The lowest BCUT2D eigenvalue weighted by Crippen LogP contribution is -2.52. The van der Waals surface area contributed by atoms with Gasteiger partial charge >= 0.3 is 0 Å². The lowest BCUT2D eigenvalue weighted by Gasteiger charge is -2.29. The number of amides is 3. The number of sulfone groups is 1. The average Bonchev–Trinajstić information content (AvgIpc) is 3.33. The normalized spacial score (nSPS) is 23.4. The van der Waals surface area contributed by atoms with E-state index in [0.29, 0.717) is 17.2 Å². The third kappa shape index (κ3) is 4.07. The first-order chi connectivity index (χ1) is 14.2. The highest BCUT2D eigenvalue weighted by Gasteiger charge is 2.37. The van der Waals surface area contributed by atoms with Crippen molar-refractivity contribution >= 4 is 33.2 Å². The van der Waals surface area contributed by atoms with Crippen LogP contribution in [0, 0.1) is 5.92 Å². The second-order valence-corrected chi connectivity index (χ2v) is 9.95. The summed E-state index contributed by atoms with van der Waals surface area (Å²) in [4.78, 5) is 40.6. The number of benzene rings is 1. The predicted molar refractivity (Wildman–Crippen MR) is 106 cm³/mol. The SMILES string of the molecule is CC(NC(=O)C1CC(=O)N(c2ccc3c(c2)OCO3)C1)C(=O)N1CCS(=O)(=O)CC1. The molecule has 2 atom stereocenters. The van der Waals surface area contributed by atoms with Crippen LogP contribution in [-0.4, -0.2) is 75.0 Å². The van der Waals surface area contributed by atoms with E-state index in [1.807, 2.05) is 0 Å². The molecule has 1 aromatic rings. The van der Waals surface area contributed by atoms with Crippen LogP contribution in [0.4, 0.5) is 5.69 Å². The molecule has 11 heteroatoms. The van der Waals surface area contributed by atoms with Crippen LogP contribution >= 0.6 is 0 Å². The van der Waals surface area contributed by atoms with Gasteiger partial charge in [0.25, 0.3) is 0 Å². The van der Waals surface area contributed by atoms with Crippen molar-refractivity contribution in [3.05, 3.63) is 18.2 Å². The van der Waals surface area contributed by atoms with E-state index >= 15 is 0 Å². The molecule has 3 aliphatic rings. The van der Waals surface area contributed by atoms with Crippen molar-refractivity contribution in [2.24, 2.45) is 5.92 Å². The van der Waals surface area contributed by atoms with Gasteiger partial charge in [-0.25, -0.2) is 8.42 Å². The number of anilines is 1. The van der Waals surface area contributed by atoms with E-state index in [9.17, 15) is 22.8 Å². The Morgan fingerprint density at radius 1 is 1.17 bits per heavy atom. The van der Waals surface area contributed by atoms with Crippen LogP contribution in [0.25, 0.3) is 0 Å². The monoisotopic (exact) mass is 437 g/mol. The van der Waals surface area contributed by atoms with E-state index in [-0.39, 0.29) is 62.1 Å². The maximum atomic E-state index is 12.7. The molecule has 0 bridgehead atoms. The molecule has 0 spiro atoms. The molecule has 3 amide bonds. The molecule has 162 valence electrons. The Kier molecular flexibility index (Phi) is 5.31. The number of nitrogens with one attached hydrogen (secondary N) is 1. The fourth-order valence-corrected chi connectivity index (χ4v) is 4.99. The summed E-state index contributed by atoms with van der Waals surface area (Å²) in [7, 11) is -3.09. The highest BCUT2D eigenvalue weighted by molar-refractivity contribution is 7.91. The van der Waals surface area contributed by atoms with Crippen molar-refractivity contribution in [2.45, 2.75) is 19.4 Å². The van der Waals surface area contributed by atoms with Gasteiger partial charge in [0, 0.05) is 37.8 Å². The highest BCUT2D eigenvalue weighted by atomic mass is 32.2. The summed E-state index contributed by atoms with van der Waals surface area (Å²) >= 11 is 0. The molecule has 3 heterocycles. The third-order valence-corrected chi connectivity index (χ3v) is 7.16. The molecular weight excluding hydrogens is 414 g/mol. The van der Waals surface area contributed by atoms with E-state index in [4.69, 9.17) is 9.47 Å². The fraction of sp³-hybridized carbons (Fsp3) is 0.526. The Balaban J connectivity index is 1.35. The molecule has 4 rings (SSSR count). The van der Waals surface area contributed by atoms with Gasteiger partial charge in [0.15, 0.2) is 21.3 Å². The lowest BCUT2D eigenvalue weighted by atomic mass is 10.1. The molecule has 2 fully saturated rings. The van der Waals surface area contributed by atoms with Crippen LogP contribution in [0.3, 0.4) is 0 Å². The minimum Gasteiger partial charge on any atom is -0.454 e. The van der Waals surface area contributed by atoms with Gasteiger partial charge < -0.3 is 24.6 Å². The van der Waals surface area contributed by atoms with E-state index in [1.54, 1.807) is 25.1 Å². The van der Waals surface area contributed by atoms with Crippen molar-refractivity contribution in [2.75, 3.05) is 42.8 Å². The Hall–Kier alpha value is -2.82. The molecule has 2 unspecified atom stereocenters. The Morgan fingerprint density at radius 2 is 1.87 bits per heavy atom. The molecule has 10 nitrogen and oxygen atoms in total. The Bertz CT molecular complexity index is 980. The van der Waals surface area contributed by atoms with Crippen molar-refractivity contribution in [1.82, 2.24) is 10.2 Å². The van der Waals surface area contributed by atoms with Crippen LogP contribution in [-0.2, 0) is 24.2 Å². The van der Waals surface area contributed by atoms with Crippen molar-refractivity contribution < 1.29 is 32.3 Å². The van der Waals surface area contributed by atoms with Gasteiger partial charge in [0.2, 0.25) is 24.5 Å². The van der Waals surface area contributed by atoms with E-state index in [0.717, 1.165) is 0 Å². The number of nitrogens with zero attached hydrogens (tertiary/aromatic N) is 2. The molecule has 0 radical (unpaired) electrons. The molecule has 3 aliphatic heterocycles. The third-order valence-electron chi connectivity index (χ3n) is 5.55. The Morgan fingerprint density at radius 3 is 2.60 bits per heavy atom. The number of rotatable bonds is 4. The molecule has 0 aliphatic carbocycles. The average molecular weight is 437 g/mol. The van der Waals surface area contributed by atoms with Gasteiger partial charge in [-0.1, -0.05) is 0 Å². The van der Waals surface area contributed by atoms with Crippen LogP contribution in [0.2, 0.25) is 0 Å². The van der Waals surface area contributed by atoms with Gasteiger partial charge in [-0.05, 0) is 19.1 Å². The quantitative estimate of drug-likeness (QED) is 0.676. The molecule has 1 aromatic carbocycles. The second-order valence-electron chi connectivity index (χ2n) is 7.65. The van der Waals surface area contributed by atoms with E-state index < -0.39 is 21.8 Å². The van der Waals surface area contributed by atoms with Gasteiger partial charge in [0.1, 0.15) is 6.04 Å². The highest BCUT2D eigenvalue weighted by Crippen LogP contribution is 2.37. The summed E-state index contributed by atoms with van der Waals surface area (Å²) in [5, 5.41) is 2.67. The number of hydrogen-bond acceptors (Lipinski definition) is 7.